The highest BCUT2D eigenvalue weighted by Gasteiger charge is 2.27. The Labute approximate surface area is 135 Å². The second-order valence-electron chi connectivity index (χ2n) is 5.95. The molecule has 0 radical (unpaired) electrons. The summed E-state index contributed by atoms with van der Waals surface area (Å²) in [6.07, 6.45) is 2.32. The van der Waals surface area contributed by atoms with Gasteiger partial charge in [0.25, 0.3) is 0 Å². The van der Waals surface area contributed by atoms with Crippen molar-refractivity contribution in [1.29, 1.82) is 0 Å². The molecular weight excluding hydrogens is 296 g/mol. The molecule has 2 aliphatic heterocycles. The summed E-state index contributed by atoms with van der Waals surface area (Å²) in [5.74, 6) is 0.353. The van der Waals surface area contributed by atoms with Gasteiger partial charge >= 0.3 is 0 Å². The molecule has 2 atom stereocenters. The number of ether oxygens (including phenoxy) is 2. The van der Waals surface area contributed by atoms with Crippen LogP contribution in [0.15, 0.2) is 24.3 Å². The Balaban J connectivity index is 1.67. The highest BCUT2D eigenvalue weighted by Crippen LogP contribution is 2.30. The molecule has 2 amide bonds. The fraction of sp³-hybridized carbons (Fsp3) is 0.529. The molecule has 0 saturated carbocycles. The van der Waals surface area contributed by atoms with Crippen molar-refractivity contribution in [3.05, 3.63) is 24.3 Å². The second kappa shape index (κ2) is 7.00. The largest absolute Gasteiger partial charge is 0.491 e. The fourth-order valence-electron chi connectivity index (χ4n) is 3.03. The Kier molecular flexibility index (Phi) is 4.81. The molecule has 3 rings (SSSR count). The lowest BCUT2D eigenvalue weighted by Gasteiger charge is -2.24. The lowest BCUT2D eigenvalue weighted by molar-refractivity contribution is -0.124. The molecule has 1 N–H and O–H groups in total. The Morgan fingerprint density at radius 1 is 1.39 bits per heavy atom. The Bertz CT molecular complexity index is 584. The number of hydrogen-bond donors (Lipinski definition) is 1. The summed E-state index contributed by atoms with van der Waals surface area (Å²) in [6.45, 7) is 3.02. The van der Waals surface area contributed by atoms with E-state index in [1.54, 1.807) is 6.07 Å². The zero-order valence-electron chi connectivity index (χ0n) is 13.3. The fourth-order valence-corrected chi connectivity index (χ4v) is 3.03. The molecule has 1 aromatic carbocycles. The van der Waals surface area contributed by atoms with Gasteiger partial charge in [-0.15, -0.1) is 0 Å². The minimum absolute atomic E-state index is 0.00370. The first kappa shape index (κ1) is 15.8. The molecule has 0 bridgehead atoms. The monoisotopic (exact) mass is 318 g/mol. The molecule has 0 unspecified atom stereocenters. The topological polar surface area (TPSA) is 67.9 Å². The predicted octanol–water partition coefficient (Wildman–Crippen LogP) is 1.49. The summed E-state index contributed by atoms with van der Waals surface area (Å²) in [6, 6.07) is 7.24. The number of fused-ring (bicyclic) bond motifs is 1. The quantitative estimate of drug-likeness (QED) is 0.913. The van der Waals surface area contributed by atoms with Gasteiger partial charge < -0.3 is 14.8 Å². The predicted molar refractivity (Wildman–Crippen MR) is 85.5 cm³/mol. The summed E-state index contributed by atoms with van der Waals surface area (Å²) >= 11 is 0. The third-order valence-electron chi connectivity index (χ3n) is 4.24. The van der Waals surface area contributed by atoms with Crippen LogP contribution in [0.1, 0.15) is 26.2 Å². The first-order valence-electron chi connectivity index (χ1n) is 8.08. The number of nitrogens with one attached hydrogen (secondary N) is 1. The molecule has 1 saturated heterocycles. The van der Waals surface area contributed by atoms with Crippen LogP contribution in [0.25, 0.3) is 0 Å². The third-order valence-corrected chi connectivity index (χ3v) is 4.24. The van der Waals surface area contributed by atoms with E-state index >= 15 is 0 Å². The van der Waals surface area contributed by atoms with Gasteiger partial charge in [0.05, 0.1) is 30.9 Å². The van der Waals surface area contributed by atoms with Crippen LogP contribution < -0.4 is 15.0 Å². The van der Waals surface area contributed by atoms with Gasteiger partial charge in [0.1, 0.15) is 12.3 Å². The maximum absolute atomic E-state index is 12.3. The van der Waals surface area contributed by atoms with Crippen LogP contribution >= 0.6 is 0 Å². The normalized spacial score (nSPS) is 22.0. The number of nitrogens with zero attached hydrogens (tertiary/aromatic N) is 1. The Morgan fingerprint density at radius 3 is 3.00 bits per heavy atom. The van der Waals surface area contributed by atoms with E-state index < -0.39 is 0 Å². The summed E-state index contributed by atoms with van der Waals surface area (Å²) in [7, 11) is 0. The van der Waals surface area contributed by atoms with E-state index in [9.17, 15) is 9.59 Å². The molecule has 124 valence electrons. The number of rotatable bonds is 4. The average molecular weight is 318 g/mol. The minimum atomic E-state index is -0.182. The summed E-state index contributed by atoms with van der Waals surface area (Å²) in [4.78, 5) is 26.1. The first-order valence-corrected chi connectivity index (χ1v) is 8.08. The van der Waals surface area contributed by atoms with Crippen LogP contribution in [-0.4, -0.2) is 43.7 Å². The molecule has 6 nitrogen and oxygen atoms in total. The van der Waals surface area contributed by atoms with Crippen LogP contribution in [0, 0.1) is 0 Å². The van der Waals surface area contributed by atoms with Gasteiger partial charge in [-0.1, -0.05) is 12.1 Å². The van der Waals surface area contributed by atoms with Gasteiger partial charge in [0.15, 0.2) is 0 Å². The number of para-hydroxylation sites is 2. The van der Waals surface area contributed by atoms with Gasteiger partial charge in [-0.25, -0.2) is 0 Å². The van der Waals surface area contributed by atoms with E-state index in [0.29, 0.717) is 18.0 Å². The maximum atomic E-state index is 12.3. The Hall–Kier alpha value is -2.08. The molecule has 23 heavy (non-hydrogen) atoms. The highest BCUT2D eigenvalue weighted by atomic mass is 16.5. The summed E-state index contributed by atoms with van der Waals surface area (Å²) in [5.41, 5.74) is 0.648. The van der Waals surface area contributed by atoms with Crippen LogP contribution in [0.4, 0.5) is 5.69 Å². The molecule has 0 aliphatic carbocycles. The Morgan fingerprint density at radius 2 is 2.22 bits per heavy atom. The van der Waals surface area contributed by atoms with Crippen molar-refractivity contribution in [3.8, 4) is 5.75 Å². The zero-order chi connectivity index (χ0) is 16.2. The van der Waals surface area contributed by atoms with Crippen molar-refractivity contribution in [2.24, 2.45) is 0 Å². The lowest BCUT2D eigenvalue weighted by atomic mass is 10.1. The van der Waals surface area contributed by atoms with E-state index in [2.05, 4.69) is 5.32 Å². The van der Waals surface area contributed by atoms with Crippen molar-refractivity contribution in [2.45, 2.75) is 38.3 Å². The van der Waals surface area contributed by atoms with Gasteiger partial charge in [-0.05, 0) is 31.9 Å². The van der Waals surface area contributed by atoms with E-state index in [-0.39, 0.29) is 36.9 Å². The van der Waals surface area contributed by atoms with Gasteiger partial charge in [-0.2, -0.15) is 0 Å². The number of carbonyl (C=O) groups excluding carboxylic acids is 2. The van der Waals surface area contributed by atoms with Crippen LogP contribution in [0.2, 0.25) is 0 Å². The highest BCUT2D eigenvalue weighted by molar-refractivity contribution is 6.00. The smallest absolute Gasteiger partial charge is 0.240 e. The molecular formula is C17H22N2O4. The number of hydrogen-bond acceptors (Lipinski definition) is 4. The van der Waals surface area contributed by atoms with Crippen LogP contribution in [0.5, 0.6) is 5.75 Å². The standard InChI is InChI=1S/C17H22N2O4/c1-12(14-7-4-9-22-14)18-16(20)11-19-13-5-2-3-6-15(13)23-10-8-17(19)21/h2-3,5-6,12,14H,4,7-11H2,1H3,(H,18,20)/t12-,14-/m0/s1. The van der Waals surface area contributed by atoms with Gasteiger partial charge in [0.2, 0.25) is 11.8 Å². The van der Waals surface area contributed by atoms with Crippen molar-refractivity contribution < 1.29 is 19.1 Å². The minimum Gasteiger partial charge on any atom is -0.491 e. The molecule has 0 spiro atoms. The molecule has 2 aliphatic rings. The van der Waals surface area contributed by atoms with Crippen LogP contribution in [0.3, 0.4) is 0 Å². The van der Waals surface area contributed by atoms with Crippen molar-refractivity contribution in [2.75, 3.05) is 24.7 Å². The van der Waals surface area contributed by atoms with Crippen LogP contribution in [-0.2, 0) is 14.3 Å². The number of carbonyl (C=O) groups is 2. The zero-order valence-corrected chi connectivity index (χ0v) is 13.3. The van der Waals surface area contributed by atoms with E-state index in [1.165, 1.54) is 4.90 Å². The maximum Gasteiger partial charge on any atom is 0.240 e. The first-order chi connectivity index (χ1) is 11.1. The van der Waals surface area contributed by atoms with Crippen molar-refractivity contribution in [3.63, 3.8) is 0 Å². The molecule has 0 aromatic heterocycles. The van der Waals surface area contributed by atoms with Gasteiger partial charge in [0, 0.05) is 6.61 Å². The average Bonchev–Trinajstić information content (AvgIpc) is 3.03. The van der Waals surface area contributed by atoms with Crippen molar-refractivity contribution in [1.82, 2.24) is 5.32 Å². The SMILES string of the molecule is C[C@H](NC(=O)CN1C(=O)CCOc2ccccc21)[C@@H]1CCCO1. The number of benzene rings is 1. The number of amides is 2. The molecule has 6 heteroatoms. The summed E-state index contributed by atoms with van der Waals surface area (Å²) in [5, 5.41) is 2.94. The number of anilines is 1. The lowest BCUT2D eigenvalue weighted by Crippen LogP contribution is -2.47. The van der Waals surface area contributed by atoms with Crippen molar-refractivity contribution >= 4 is 17.5 Å². The molecule has 1 aromatic rings. The molecule has 2 heterocycles. The molecule has 1 fully saturated rings. The van der Waals surface area contributed by atoms with E-state index in [0.717, 1.165) is 19.4 Å². The second-order valence-corrected chi connectivity index (χ2v) is 5.95. The summed E-state index contributed by atoms with van der Waals surface area (Å²) < 4.78 is 11.2. The van der Waals surface area contributed by atoms with E-state index in [4.69, 9.17) is 9.47 Å². The van der Waals surface area contributed by atoms with Gasteiger partial charge in [-0.3, -0.25) is 14.5 Å². The third kappa shape index (κ3) is 3.64. The van der Waals surface area contributed by atoms with E-state index in [1.807, 2.05) is 25.1 Å².